The molecule has 3 unspecified atom stereocenters. The summed E-state index contributed by atoms with van der Waals surface area (Å²) in [6.45, 7) is 6.57. The maximum atomic E-state index is 13.5. The number of phosphoric acid groups is 1. The van der Waals surface area contributed by atoms with Gasteiger partial charge in [0, 0.05) is 12.8 Å². The summed E-state index contributed by atoms with van der Waals surface area (Å²) < 4.78 is 30.3. The fraction of sp³-hybridized carbons (Fsp3) is 0.676. The van der Waals surface area contributed by atoms with Crippen LogP contribution < -0.4 is 10.2 Å². The van der Waals surface area contributed by atoms with Crippen LogP contribution in [0.1, 0.15) is 245 Å². The molecule has 0 aromatic rings. The highest BCUT2D eigenvalue weighted by Gasteiger charge is 2.27. The molecule has 0 saturated heterocycles. The van der Waals surface area contributed by atoms with Gasteiger partial charge >= 0.3 is 5.97 Å². The predicted molar refractivity (Wildman–Crippen MR) is 334 cm³/mol. The molecule has 0 bridgehead atoms. The van der Waals surface area contributed by atoms with E-state index in [1.165, 1.54) is 70.6 Å². The Kier molecular flexibility index (Phi) is 54.1. The van der Waals surface area contributed by atoms with Crippen LogP contribution in [-0.4, -0.2) is 69.4 Å². The van der Waals surface area contributed by atoms with Crippen molar-refractivity contribution in [2.45, 2.75) is 258 Å². The van der Waals surface area contributed by atoms with Crippen molar-refractivity contribution >= 4 is 19.7 Å². The highest BCUT2D eigenvalue weighted by Crippen LogP contribution is 2.38. The highest BCUT2D eigenvalue weighted by atomic mass is 31.2. The minimum absolute atomic E-state index is 0.0342. The fourth-order valence-corrected chi connectivity index (χ4v) is 9.08. The van der Waals surface area contributed by atoms with Crippen LogP contribution in [0.4, 0.5) is 0 Å². The number of quaternary nitrogens is 1. The van der Waals surface area contributed by atoms with Gasteiger partial charge < -0.3 is 28.5 Å². The zero-order chi connectivity index (χ0) is 57.2. The lowest BCUT2D eigenvalue weighted by atomic mass is 10.0. The summed E-state index contributed by atoms with van der Waals surface area (Å²) >= 11 is 0. The van der Waals surface area contributed by atoms with Gasteiger partial charge in [-0.3, -0.25) is 14.2 Å². The Balaban J connectivity index is 5.14. The van der Waals surface area contributed by atoms with Crippen LogP contribution in [0.2, 0.25) is 0 Å². The summed E-state index contributed by atoms with van der Waals surface area (Å²) in [5.74, 6) is -0.585. The summed E-state index contributed by atoms with van der Waals surface area (Å²) in [7, 11) is 1.15. The number of phosphoric ester groups is 1. The Morgan fingerprint density at radius 1 is 0.462 bits per heavy atom. The van der Waals surface area contributed by atoms with Gasteiger partial charge in [0.1, 0.15) is 19.3 Å². The number of unbranched alkanes of at least 4 members (excludes halogenated alkanes) is 21. The molecule has 0 radical (unpaired) electrons. The van der Waals surface area contributed by atoms with Gasteiger partial charge in [-0.05, 0) is 115 Å². The first-order valence-corrected chi connectivity index (χ1v) is 32.8. The van der Waals surface area contributed by atoms with E-state index in [4.69, 9.17) is 13.8 Å². The van der Waals surface area contributed by atoms with E-state index in [-0.39, 0.29) is 24.9 Å². The number of nitrogens with zero attached hydrogens (tertiary/aromatic N) is 1. The minimum atomic E-state index is -4.71. The van der Waals surface area contributed by atoms with Gasteiger partial charge in [-0.1, -0.05) is 239 Å². The van der Waals surface area contributed by atoms with Crippen LogP contribution in [0.15, 0.2) is 122 Å². The van der Waals surface area contributed by atoms with E-state index >= 15 is 0 Å². The van der Waals surface area contributed by atoms with Crippen LogP contribution in [0, 0.1) is 0 Å². The van der Waals surface area contributed by atoms with Crippen LogP contribution in [0.25, 0.3) is 0 Å². The number of hydrogen-bond donors (Lipinski definition) is 1. The molecule has 3 atom stereocenters. The topological polar surface area (TPSA) is 114 Å². The summed E-state index contributed by atoms with van der Waals surface area (Å²) in [6.07, 6.45) is 78.9. The normalized spacial score (nSPS) is 14.5. The van der Waals surface area contributed by atoms with E-state index in [9.17, 15) is 19.0 Å². The van der Waals surface area contributed by atoms with Crippen molar-refractivity contribution in [2.75, 3.05) is 40.9 Å². The second-order valence-electron chi connectivity index (χ2n) is 21.8. The average molecular weight is 1110 g/mol. The van der Waals surface area contributed by atoms with Gasteiger partial charge in [0.05, 0.1) is 33.8 Å². The number of carbonyl (C=O) groups excluding carboxylic acids is 2. The third-order valence-corrected chi connectivity index (χ3v) is 14.1. The molecule has 0 aromatic carbocycles. The Hall–Kier alpha value is -3.59. The first-order chi connectivity index (χ1) is 37.9. The van der Waals surface area contributed by atoms with Gasteiger partial charge in [-0.2, -0.15) is 0 Å². The van der Waals surface area contributed by atoms with E-state index in [0.29, 0.717) is 23.9 Å². The van der Waals surface area contributed by atoms with Crippen LogP contribution in [0.3, 0.4) is 0 Å². The molecule has 0 aromatic heterocycles. The van der Waals surface area contributed by atoms with Gasteiger partial charge in [-0.15, -0.1) is 0 Å². The number of hydrogen-bond acceptors (Lipinski definition) is 7. The second kappa shape index (κ2) is 56.7. The maximum absolute atomic E-state index is 13.5. The number of allylic oxidation sites excluding steroid dienone is 19. The molecule has 0 spiro atoms. The van der Waals surface area contributed by atoms with E-state index in [2.05, 4.69) is 135 Å². The molecule has 0 heterocycles. The average Bonchev–Trinajstić information content (AvgIpc) is 3.41. The number of amides is 1. The molecule has 9 nitrogen and oxygen atoms in total. The van der Waals surface area contributed by atoms with Gasteiger partial charge in [-0.25, -0.2) is 0 Å². The molecule has 10 heteroatoms. The molecule has 0 fully saturated rings. The number of rotatable bonds is 55. The van der Waals surface area contributed by atoms with Gasteiger partial charge in [0.15, 0.2) is 0 Å². The van der Waals surface area contributed by atoms with Crippen molar-refractivity contribution in [1.29, 1.82) is 0 Å². The molecule has 446 valence electrons. The summed E-state index contributed by atoms with van der Waals surface area (Å²) in [6, 6.07) is -0.910. The standard InChI is InChI=1S/C68H117N2O7P/c1-7-10-13-16-19-22-25-27-29-30-31-32-33-34-35-36-37-38-39-40-41-42-45-48-51-54-57-60-67(71)69-65(64-76-78(73,74)75-63-62-70(4,5)6)66(59-56-53-50-47-44-24-21-18-15-12-9-3)77-68(72)61-58-55-52-49-46-43-28-26-23-20-17-14-11-8-2/h10-11,13-14,19-20,22-23,27-29,31-32,34-35,37-38,43,56,59,65-66H,7-9,12,15-18,21,24-26,30,33,36,39-42,44-55,57-58,60-64H2,1-6H3,(H-,69,71,73,74)/b13-10-,14-11+,22-19-,23-20+,29-27-,32-31-,35-34-,38-37-,43-28+,59-56-. The lowest BCUT2D eigenvalue weighted by molar-refractivity contribution is -0.870. The zero-order valence-corrected chi connectivity index (χ0v) is 51.7. The van der Waals surface area contributed by atoms with Crippen LogP contribution in [0.5, 0.6) is 0 Å². The molecule has 78 heavy (non-hydrogen) atoms. The van der Waals surface area contributed by atoms with Gasteiger partial charge in [0.2, 0.25) is 5.91 Å². The Bertz CT molecular complexity index is 1750. The SMILES string of the molecule is CC/C=C\C/C=C\C/C=C\C/C=C\C/C=C\C/C=C\CCCCCCCCCCC(=O)NC(COP(=O)([O-])OCC[N+](C)(C)C)C(/C=C\CCCCCCCCCCC)OC(=O)CCCCCC/C=C/C/C=C/C/C=C/CC. The van der Waals surface area contributed by atoms with Crippen molar-refractivity contribution in [3.8, 4) is 0 Å². The van der Waals surface area contributed by atoms with Crippen LogP contribution in [-0.2, 0) is 27.9 Å². The predicted octanol–water partition coefficient (Wildman–Crippen LogP) is 18.9. The summed E-state index contributed by atoms with van der Waals surface area (Å²) in [5.41, 5.74) is 0. The fourth-order valence-electron chi connectivity index (χ4n) is 8.36. The third kappa shape index (κ3) is 57.1. The van der Waals surface area contributed by atoms with E-state index in [1.54, 1.807) is 0 Å². The quantitative estimate of drug-likeness (QED) is 0.0212. The van der Waals surface area contributed by atoms with Crippen molar-refractivity contribution in [2.24, 2.45) is 0 Å². The van der Waals surface area contributed by atoms with Crippen molar-refractivity contribution in [3.63, 3.8) is 0 Å². The molecular formula is C68H117N2O7P. The Morgan fingerprint density at radius 3 is 1.23 bits per heavy atom. The molecular weight excluding hydrogens is 988 g/mol. The summed E-state index contributed by atoms with van der Waals surface area (Å²) in [4.78, 5) is 39.9. The molecule has 1 amide bonds. The van der Waals surface area contributed by atoms with E-state index in [0.717, 1.165) is 135 Å². The largest absolute Gasteiger partial charge is 0.756 e. The first-order valence-electron chi connectivity index (χ1n) is 31.3. The second-order valence-corrected chi connectivity index (χ2v) is 23.2. The number of carbonyl (C=O) groups is 2. The Labute approximate surface area is 480 Å². The third-order valence-electron chi connectivity index (χ3n) is 13.1. The zero-order valence-electron chi connectivity index (χ0n) is 50.8. The number of likely N-dealkylation sites (N-methyl/N-ethyl adjacent to an activating group) is 1. The highest BCUT2D eigenvalue weighted by molar-refractivity contribution is 7.45. The van der Waals surface area contributed by atoms with Gasteiger partial charge in [0.25, 0.3) is 7.82 Å². The minimum Gasteiger partial charge on any atom is -0.756 e. The van der Waals surface area contributed by atoms with Crippen LogP contribution >= 0.6 is 7.82 Å². The smallest absolute Gasteiger partial charge is 0.306 e. The molecule has 0 aliphatic rings. The number of esters is 1. The number of nitrogens with one attached hydrogen (secondary N) is 1. The van der Waals surface area contributed by atoms with E-state index in [1.807, 2.05) is 33.3 Å². The van der Waals surface area contributed by atoms with Crippen molar-refractivity contribution in [1.82, 2.24) is 5.32 Å². The summed E-state index contributed by atoms with van der Waals surface area (Å²) in [5, 5.41) is 3.01. The lowest BCUT2D eigenvalue weighted by Gasteiger charge is -2.30. The maximum Gasteiger partial charge on any atom is 0.306 e. The Morgan fingerprint density at radius 2 is 0.821 bits per heavy atom. The monoisotopic (exact) mass is 1100 g/mol. The van der Waals surface area contributed by atoms with Crippen molar-refractivity contribution in [3.05, 3.63) is 122 Å². The number of ether oxygens (including phenoxy) is 1. The molecule has 0 aliphatic carbocycles. The molecule has 0 rings (SSSR count). The van der Waals surface area contributed by atoms with E-state index < -0.39 is 26.6 Å². The molecule has 0 saturated carbocycles. The van der Waals surface area contributed by atoms with Crippen molar-refractivity contribution < 1.29 is 37.3 Å². The first kappa shape index (κ1) is 74.4. The molecule has 1 N–H and O–H groups in total. The molecule has 0 aliphatic heterocycles. The lowest BCUT2D eigenvalue weighted by Crippen LogP contribution is -2.47.